The number of benzene rings is 1. The molecule has 1 saturated carbocycles. The molecule has 138 valence electrons. The fourth-order valence-electron chi connectivity index (χ4n) is 4.53. The number of nitrogens with two attached hydrogens (primary N) is 1. The lowest BCUT2D eigenvalue weighted by molar-refractivity contribution is -0.134. The van der Waals surface area contributed by atoms with Gasteiger partial charge < -0.3 is 15.4 Å². The van der Waals surface area contributed by atoms with Crippen LogP contribution in [0.2, 0.25) is 0 Å². The predicted molar refractivity (Wildman–Crippen MR) is 101 cm³/mol. The van der Waals surface area contributed by atoms with E-state index in [1.807, 2.05) is 29.2 Å². The Morgan fingerprint density at radius 2 is 1.68 bits per heavy atom. The zero-order chi connectivity index (χ0) is 17.6. The molecule has 2 fully saturated rings. The van der Waals surface area contributed by atoms with Crippen LogP contribution >= 0.6 is 0 Å². The molecular formula is C21H32N2O2. The maximum atomic E-state index is 12.7. The molecule has 4 heteroatoms. The first-order chi connectivity index (χ1) is 12.2. The van der Waals surface area contributed by atoms with Crippen molar-refractivity contribution in [3.05, 3.63) is 29.8 Å². The zero-order valence-corrected chi connectivity index (χ0v) is 15.5. The summed E-state index contributed by atoms with van der Waals surface area (Å²) in [6.45, 7) is 1.77. The van der Waals surface area contributed by atoms with Crippen molar-refractivity contribution in [1.82, 2.24) is 4.90 Å². The lowest BCUT2D eigenvalue weighted by Gasteiger charge is -2.38. The van der Waals surface area contributed by atoms with Gasteiger partial charge >= 0.3 is 0 Å². The number of carbonyl (C=O) groups is 1. The Balaban J connectivity index is 1.47. The maximum Gasteiger partial charge on any atom is 0.239 e. The molecule has 2 N–H and O–H groups in total. The van der Waals surface area contributed by atoms with Crippen LogP contribution in [0.1, 0.15) is 50.5 Å². The molecule has 1 aromatic rings. The van der Waals surface area contributed by atoms with Crippen LogP contribution in [0.4, 0.5) is 0 Å². The number of piperidine rings is 1. The Morgan fingerprint density at radius 1 is 1.08 bits per heavy atom. The maximum absolute atomic E-state index is 12.7. The van der Waals surface area contributed by atoms with Gasteiger partial charge in [-0.05, 0) is 48.8 Å². The third-order valence-corrected chi connectivity index (χ3v) is 6.10. The lowest BCUT2D eigenvalue weighted by atomic mass is 9.76. The first-order valence-corrected chi connectivity index (χ1v) is 9.84. The molecule has 25 heavy (non-hydrogen) atoms. The number of hydrogen-bond donors (Lipinski definition) is 1. The molecule has 0 radical (unpaired) electrons. The molecule has 0 spiro atoms. The van der Waals surface area contributed by atoms with E-state index in [2.05, 4.69) is 0 Å². The molecule has 2 aliphatic rings. The smallest absolute Gasteiger partial charge is 0.239 e. The third kappa shape index (κ3) is 4.75. The number of rotatable bonds is 5. The average molecular weight is 344 g/mol. The molecule has 1 atom stereocenters. The van der Waals surface area contributed by atoms with Crippen LogP contribution in [-0.4, -0.2) is 37.0 Å². The van der Waals surface area contributed by atoms with Crippen molar-refractivity contribution in [2.75, 3.05) is 20.2 Å². The minimum atomic E-state index is -0.445. The summed E-state index contributed by atoms with van der Waals surface area (Å²) in [5.74, 6) is 2.66. The van der Waals surface area contributed by atoms with Gasteiger partial charge in [-0.1, -0.05) is 44.2 Å². The van der Waals surface area contributed by atoms with E-state index in [-0.39, 0.29) is 5.91 Å². The molecule has 4 nitrogen and oxygen atoms in total. The van der Waals surface area contributed by atoms with Crippen LogP contribution in [0.15, 0.2) is 24.3 Å². The van der Waals surface area contributed by atoms with Crippen LogP contribution < -0.4 is 10.5 Å². The Bertz CT molecular complexity index is 544. The fourth-order valence-corrected chi connectivity index (χ4v) is 4.53. The van der Waals surface area contributed by atoms with E-state index in [9.17, 15) is 4.79 Å². The SMILES string of the molecule is COc1ccc(C[C@@H](N)C(=O)N2CCC(C3CCCCC3)CC2)cc1. The second-order valence-electron chi connectivity index (χ2n) is 7.72. The van der Waals surface area contributed by atoms with E-state index < -0.39 is 6.04 Å². The van der Waals surface area contributed by atoms with Gasteiger partial charge in [-0.3, -0.25) is 4.79 Å². The van der Waals surface area contributed by atoms with Crippen LogP contribution in [0, 0.1) is 11.8 Å². The van der Waals surface area contributed by atoms with Gasteiger partial charge in [0.1, 0.15) is 5.75 Å². The van der Waals surface area contributed by atoms with Gasteiger partial charge in [0, 0.05) is 13.1 Å². The van der Waals surface area contributed by atoms with E-state index in [1.54, 1.807) is 7.11 Å². The van der Waals surface area contributed by atoms with Crippen molar-refractivity contribution in [2.24, 2.45) is 17.6 Å². The normalized spacial score (nSPS) is 21.1. The summed E-state index contributed by atoms with van der Waals surface area (Å²) in [5, 5.41) is 0. The highest BCUT2D eigenvalue weighted by Crippen LogP contribution is 2.35. The molecule has 1 amide bonds. The van der Waals surface area contributed by atoms with Crippen molar-refractivity contribution in [2.45, 2.75) is 57.4 Å². The van der Waals surface area contributed by atoms with Crippen molar-refractivity contribution in [3.63, 3.8) is 0 Å². The number of nitrogens with zero attached hydrogens (tertiary/aromatic N) is 1. The molecule has 3 rings (SSSR count). The van der Waals surface area contributed by atoms with E-state index in [1.165, 1.54) is 32.1 Å². The standard InChI is InChI=1S/C21H32N2O2/c1-25-19-9-7-16(8-10-19)15-20(22)21(24)23-13-11-18(12-14-23)17-5-3-2-4-6-17/h7-10,17-18,20H,2-6,11-15,22H2,1H3/t20-/m1/s1. The fraction of sp³-hybridized carbons (Fsp3) is 0.667. The largest absolute Gasteiger partial charge is 0.497 e. The van der Waals surface area contributed by atoms with Gasteiger partial charge in [-0.15, -0.1) is 0 Å². The number of ether oxygens (including phenoxy) is 1. The summed E-state index contributed by atoms with van der Waals surface area (Å²) in [6.07, 6.45) is 9.91. The monoisotopic (exact) mass is 344 g/mol. The number of hydrogen-bond acceptors (Lipinski definition) is 3. The van der Waals surface area contributed by atoms with E-state index in [0.717, 1.165) is 49.1 Å². The molecule has 1 aromatic carbocycles. The second kappa shape index (κ2) is 8.70. The number of carbonyl (C=O) groups excluding carboxylic acids is 1. The van der Waals surface area contributed by atoms with Gasteiger partial charge in [0.15, 0.2) is 0 Å². The summed E-state index contributed by atoms with van der Waals surface area (Å²) >= 11 is 0. The minimum absolute atomic E-state index is 0.109. The summed E-state index contributed by atoms with van der Waals surface area (Å²) in [6, 6.07) is 7.37. The van der Waals surface area contributed by atoms with Crippen LogP contribution in [-0.2, 0) is 11.2 Å². The number of methoxy groups -OCH3 is 1. The van der Waals surface area contributed by atoms with E-state index in [0.29, 0.717) is 6.42 Å². The average Bonchev–Trinajstić information content (AvgIpc) is 2.69. The van der Waals surface area contributed by atoms with Gasteiger partial charge in [0.2, 0.25) is 5.91 Å². The summed E-state index contributed by atoms with van der Waals surface area (Å²) in [5.41, 5.74) is 7.29. The van der Waals surface area contributed by atoms with E-state index in [4.69, 9.17) is 10.5 Å². The van der Waals surface area contributed by atoms with Crippen molar-refractivity contribution in [1.29, 1.82) is 0 Å². The highest BCUT2D eigenvalue weighted by atomic mass is 16.5. The number of amides is 1. The molecule has 0 bridgehead atoms. The topological polar surface area (TPSA) is 55.6 Å². The number of likely N-dealkylation sites (tertiary alicyclic amines) is 1. The molecule has 0 unspecified atom stereocenters. The molecule has 1 aliphatic heterocycles. The highest BCUT2D eigenvalue weighted by Gasteiger charge is 2.30. The Kier molecular flexibility index (Phi) is 6.35. The van der Waals surface area contributed by atoms with Crippen LogP contribution in [0.5, 0.6) is 5.75 Å². The summed E-state index contributed by atoms with van der Waals surface area (Å²) < 4.78 is 5.17. The molecular weight excluding hydrogens is 312 g/mol. The Hall–Kier alpha value is -1.55. The van der Waals surface area contributed by atoms with Crippen LogP contribution in [0.3, 0.4) is 0 Å². The Labute approximate surface area is 151 Å². The summed E-state index contributed by atoms with van der Waals surface area (Å²) in [7, 11) is 1.65. The van der Waals surface area contributed by atoms with Gasteiger partial charge in [0.05, 0.1) is 13.2 Å². The first kappa shape index (κ1) is 18.2. The predicted octanol–water partition coefficient (Wildman–Crippen LogP) is 3.38. The van der Waals surface area contributed by atoms with Gasteiger partial charge in [-0.25, -0.2) is 0 Å². The molecule has 0 aromatic heterocycles. The summed E-state index contributed by atoms with van der Waals surface area (Å²) in [4.78, 5) is 14.7. The quantitative estimate of drug-likeness (QED) is 0.891. The van der Waals surface area contributed by atoms with Crippen molar-refractivity contribution >= 4 is 5.91 Å². The first-order valence-electron chi connectivity index (χ1n) is 9.84. The Morgan fingerprint density at radius 3 is 2.28 bits per heavy atom. The van der Waals surface area contributed by atoms with E-state index >= 15 is 0 Å². The molecule has 1 saturated heterocycles. The van der Waals surface area contributed by atoms with Gasteiger partial charge in [-0.2, -0.15) is 0 Å². The highest BCUT2D eigenvalue weighted by molar-refractivity contribution is 5.82. The zero-order valence-electron chi connectivity index (χ0n) is 15.5. The van der Waals surface area contributed by atoms with Crippen LogP contribution in [0.25, 0.3) is 0 Å². The van der Waals surface area contributed by atoms with Crippen molar-refractivity contribution < 1.29 is 9.53 Å². The van der Waals surface area contributed by atoms with Gasteiger partial charge in [0.25, 0.3) is 0 Å². The third-order valence-electron chi connectivity index (χ3n) is 6.10. The van der Waals surface area contributed by atoms with Crippen molar-refractivity contribution in [3.8, 4) is 5.75 Å². The second-order valence-corrected chi connectivity index (χ2v) is 7.72. The minimum Gasteiger partial charge on any atom is -0.497 e. The molecule has 1 heterocycles. The molecule has 1 aliphatic carbocycles. The lowest BCUT2D eigenvalue weighted by Crippen LogP contribution is -2.48.